The van der Waals surface area contributed by atoms with E-state index in [4.69, 9.17) is 18.0 Å². The Morgan fingerprint density at radius 1 is 1.38 bits per heavy atom. The van der Waals surface area contributed by atoms with Crippen LogP contribution in [0.3, 0.4) is 0 Å². The van der Waals surface area contributed by atoms with Crippen molar-refractivity contribution < 1.29 is 0 Å². The van der Waals surface area contributed by atoms with E-state index in [1.54, 1.807) is 0 Å². The van der Waals surface area contributed by atoms with Crippen LogP contribution >= 0.6 is 12.2 Å². The summed E-state index contributed by atoms with van der Waals surface area (Å²) in [6.45, 7) is 3.79. The van der Waals surface area contributed by atoms with Gasteiger partial charge in [-0.15, -0.1) is 0 Å². The third kappa shape index (κ3) is 1.94. The van der Waals surface area contributed by atoms with Gasteiger partial charge in [-0.2, -0.15) is 0 Å². The van der Waals surface area contributed by atoms with E-state index in [0.29, 0.717) is 4.99 Å². The molecule has 0 atom stereocenters. The molecule has 4 nitrogen and oxygen atoms in total. The molecule has 0 bridgehead atoms. The second-order valence-electron chi connectivity index (χ2n) is 3.54. The maximum absolute atomic E-state index is 5.64. The highest BCUT2D eigenvalue weighted by Crippen LogP contribution is 2.11. The molecule has 2 rings (SSSR count). The molecule has 0 amide bonds. The zero-order valence-corrected chi connectivity index (χ0v) is 9.95. The molecule has 0 fully saturated rings. The zero-order valence-electron chi connectivity index (χ0n) is 9.14. The molecule has 2 aromatic heterocycles. The topological polar surface area (TPSA) is 56.7 Å². The molecule has 0 saturated carbocycles. The molecule has 0 saturated heterocycles. The van der Waals surface area contributed by atoms with Crippen molar-refractivity contribution in [2.45, 2.75) is 13.8 Å². The van der Waals surface area contributed by atoms with Crippen LogP contribution in [0.15, 0.2) is 24.4 Å². The van der Waals surface area contributed by atoms with E-state index in [1.807, 2.05) is 42.8 Å². The van der Waals surface area contributed by atoms with Crippen molar-refractivity contribution in [2.75, 3.05) is 0 Å². The van der Waals surface area contributed by atoms with E-state index in [0.717, 1.165) is 23.0 Å². The quantitative estimate of drug-likeness (QED) is 0.798. The summed E-state index contributed by atoms with van der Waals surface area (Å²) in [6, 6.07) is 5.66. The summed E-state index contributed by atoms with van der Waals surface area (Å²) in [5.41, 5.74) is 7.35. The second-order valence-corrected chi connectivity index (χ2v) is 3.98. The van der Waals surface area contributed by atoms with Gasteiger partial charge < -0.3 is 5.73 Å². The molecular formula is C11H12N4S. The number of rotatable bonds is 2. The fourth-order valence-corrected chi connectivity index (χ4v) is 1.77. The largest absolute Gasteiger partial charge is 0.388 e. The molecule has 82 valence electrons. The molecule has 0 aromatic carbocycles. The number of aromatic nitrogens is 3. The molecule has 0 radical (unpaired) electrons. The van der Waals surface area contributed by atoms with Crippen molar-refractivity contribution in [3.63, 3.8) is 0 Å². The van der Waals surface area contributed by atoms with Gasteiger partial charge >= 0.3 is 0 Å². The number of nitrogens with zero attached hydrogens (tertiary/aromatic N) is 3. The van der Waals surface area contributed by atoms with E-state index < -0.39 is 0 Å². The van der Waals surface area contributed by atoms with Gasteiger partial charge in [0.1, 0.15) is 16.6 Å². The molecule has 0 unspecified atom stereocenters. The third-order valence-electron chi connectivity index (χ3n) is 2.20. The van der Waals surface area contributed by atoms with E-state index >= 15 is 0 Å². The maximum Gasteiger partial charge on any atom is 0.141 e. The summed E-state index contributed by atoms with van der Waals surface area (Å²) < 4.78 is 1.87. The predicted octanol–water partition coefficient (Wildman–Crippen LogP) is 1.52. The Labute approximate surface area is 99.1 Å². The average Bonchev–Trinajstić information content (AvgIpc) is 2.63. The Kier molecular flexibility index (Phi) is 2.70. The Bertz CT molecular complexity index is 524. The number of thiocarbonyl (C=S) groups is 1. The van der Waals surface area contributed by atoms with Crippen molar-refractivity contribution in [2.24, 2.45) is 5.73 Å². The first-order valence-corrected chi connectivity index (χ1v) is 5.28. The van der Waals surface area contributed by atoms with Crippen molar-refractivity contribution >= 4 is 17.2 Å². The van der Waals surface area contributed by atoms with Crippen molar-refractivity contribution in [1.82, 2.24) is 14.5 Å². The van der Waals surface area contributed by atoms with Gasteiger partial charge in [-0.25, -0.2) is 9.97 Å². The molecule has 0 aliphatic rings. The van der Waals surface area contributed by atoms with Gasteiger partial charge in [0.2, 0.25) is 0 Å². The molecule has 2 N–H and O–H groups in total. The first-order chi connectivity index (χ1) is 7.58. The van der Waals surface area contributed by atoms with Crippen molar-refractivity contribution in [1.29, 1.82) is 0 Å². The Morgan fingerprint density at radius 3 is 2.75 bits per heavy atom. The summed E-state index contributed by atoms with van der Waals surface area (Å²) in [6.07, 6.45) is 1.88. The van der Waals surface area contributed by atoms with Crippen LogP contribution in [0.25, 0.3) is 5.82 Å². The van der Waals surface area contributed by atoms with E-state index in [1.165, 1.54) is 0 Å². The van der Waals surface area contributed by atoms with Gasteiger partial charge in [0, 0.05) is 18.0 Å². The van der Waals surface area contributed by atoms with Crippen LogP contribution in [0.1, 0.15) is 17.2 Å². The molecule has 0 spiro atoms. The van der Waals surface area contributed by atoms with Crippen LogP contribution in [0.2, 0.25) is 0 Å². The highest BCUT2D eigenvalue weighted by atomic mass is 32.1. The molecule has 0 aliphatic carbocycles. The van der Waals surface area contributed by atoms with Gasteiger partial charge in [0.05, 0.1) is 5.69 Å². The smallest absolute Gasteiger partial charge is 0.141 e. The molecule has 2 aromatic rings. The fourth-order valence-electron chi connectivity index (χ4n) is 1.60. The van der Waals surface area contributed by atoms with Gasteiger partial charge in [0.25, 0.3) is 0 Å². The second kappa shape index (κ2) is 4.02. The molecule has 16 heavy (non-hydrogen) atoms. The minimum Gasteiger partial charge on any atom is -0.388 e. The molecule has 0 aliphatic heterocycles. The summed E-state index contributed by atoms with van der Waals surface area (Å²) in [5.74, 6) is 1.52. The van der Waals surface area contributed by atoms with Crippen LogP contribution in [-0.4, -0.2) is 19.5 Å². The highest BCUT2D eigenvalue weighted by molar-refractivity contribution is 7.80. The van der Waals surface area contributed by atoms with E-state index in [-0.39, 0.29) is 0 Å². The van der Waals surface area contributed by atoms with E-state index in [2.05, 4.69) is 9.97 Å². The lowest BCUT2D eigenvalue weighted by Gasteiger charge is -2.08. The molecular weight excluding hydrogens is 220 g/mol. The van der Waals surface area contributed by atoms with Gasteiger partial charge in [0.15, 0.2) is 0 Å². The van der Waals surface area contributed by atoms with Crippen molar-refractivity contribution in [3.05, 3.63) is 41.6 Å². The van der Waals surface area contributed by atoms with Crippen LogP contribution in [0.5, 0.6) is 0 Å². The first kappa shape index (κ1) is 10.8. The number of hydrogen-bond donors (Lipinski definition) is 1. The summed E-state index contributed by atoms with van der Waals surface area (Å²) in [4.78, 5) is 8.95. The van der Waals surface area contributed by atoms with Gasteiger partial charge in [-0.1, -0.05) is 12.2 Å². The van der Waals surface area contributed by atoms with Crippen LogP contribution < -0.4 is 5.73 Å². The summed E-state index contributed by atoms with van der Waals surface area (Å²) in [5, 5.41) is 0. The molecule has 5 heteroatoms. The lowest BCUT2D eigenvalue weighted by atomic mass is 10.4. The minimum atomic E-state index is 0.360. The van der Waals surface area contributed by atoms with Crippen LogP contribution in [-0.2, 0) is 0 Å². The monoisotopic (exact) mass is 232 g/mol. The normalized spacial score (nSPS) is 10.4. The van der Waals surface area contributed by atoms with Gasteiger partial charge in [-0.05, 0) is 26.0 Å². The van der Waals surface area contributed by atoms with Crippen molar-refractivity contribution in [3.8, 4) is 5.82 Å². The minimum absolute atomic E-state index is 0.360. The van der Waals surface area contributed by atoms with Gasteiger partial charge in [-0.3, -0.25) is 4.57 Å². The maximum atomic E-state index is 5.64. The summed E-state index contributed by atoms with van der Waals surface area (Å²) >= 11 is 4.98. The number of nitrogens with two attached hydrogens (primary N) is 1. The predicted molar refractivity (Wildman–Crippen MR) is 66.7 cm³/mol. The lowest BCUT2D eigenvalue weighted by molar-refractivity contribution is 0.920. The molecule has 2 heterocycles. The lowest BCUT2D eigenvalue weighted by Crippen LogP contribution is -2.15. The Hall–Kier alpha value is -1.75. The average molecular weight is 232 g/mol. The number of hydrogen-bond acceptors (Lipinski definition) is 3. The Balaban J connectivity index is 2.58. The summed E-state index contributed by atoms with van der Waals surface area (Å²) in [7, 11) is 0. The van der Waals surface area contributed by atoms with E-state index in [9.17, 15) is 0 Å². The first-order valence-electron chi connectivity index (χ1n) is 4.88. The third-order valence-corrected chi connectivity index (χ3v) is 2.41. The zero-order chi connectivity index (χ0) is 11.7. The SMILES string of the molecule is Cc1cc(-n2cccc2C(N)=S)nc(C)n1. The standard InChI is InChI=1S/C11H12N4S/c1-7-6-10(14-8(2)13-7)15-5-3-4-9(15)11(12)16/h3-6H,1-2H3,(H2,12,16). The highest BCUT2D eigenvalue weighted by Gasteiger charge is 2.07. The van der Waals surface area contributed by atoms with Crippen LogP contribution in [0.4, 0.5) is 0 Å². The van der Waals surface area contributed by atoms with Crippen LogP contribution in [0, 0.1) is 13.8 Å². The number of aryl methyl sites for hydroxylation is 2. The fraction of sp³-hybridized carbons (Fsp3) is 0.182. The Morgan fingerprint density at radius 2 is 2.12 bits per heavy atom.